The van der Waals surface area contributed by atoms with Crippen LogP contribution in [0.2, 0.25) is 0 Å². The zero-order valence-corrected chi connectivity index (χ0v) is 13.0. The molecule has 21 heavy (non-hydrogen) atoms. The highest BCUT2D eigenvalue weighted by atomic mass is 19.1. The number of nitrogens with zero attached hydrogens (tertiary/aromatic N) is 1. The minimum atomic E-state index is -0.153. The molecule has 112 valence electrons. The van der Waals surface area contributed by atoms with Crippen molar-refractivity contribution in [1.29, 1.82) is 0 Å². The van der Waals surface area contributed by atoms with Crippen LogP contribution in [0, 0.1) is 12.7 Å². The SMILES string of the molecule is CCNC(Cc1ccc(CC)cn1)c1ccc(F)c(C)c1. The molecule has 0 amide bonds. The summed E-state index contributed by atoms with van der Waals surface area (Å²) in [6.45, 7) is 6.88. The second-order valence-electron chi connectivity index (χ2n) is 5.33. The van der Waals surface area contributed by atoms with Crippen LogP contribution >= 0.6 is 0 Å². The minimum Gasteiger partial charge on any atom is -0.310 e. The van der Waals surface area contributed by atoms with E-state index >= 15 is 0 Å². The van der Waals surface area contributed by atoms with Crippen LogP contribution in [0.3, 0.4) is 0 Å². The van der Waals surface area contributed by atoms with Crippen molar-refractivity contribution in [2.75, 3.05) is 6.54 Å². The van der Waals surface area contributed by atoms with Gasteiger partial charge in [0.2, 0.25) is 0 Å². The first-order valence-electron chi connectivity index (χ1n) is 7.57. The molecule has 0 aliphatic heterocycles. The van der Waals surface area contributed by atoms with Crippen LogP contribution in [0.4, 0.5) is 4.39 Å². The summed E-state index contributed by atoms with van der Waals surface area (Å²) in [4.78, 5) is 4.52. The molecular weight excluding hydrogens is 263 g/mol. The van der Waals surface area contributed by atoms with Gasteiger partial charge in [0.1, 0.15) is 5.82 Å². The molecule has 1 N–H and O–H groups in total. The fraction of sp³-hybridized carbons (Fsp3) is 0.389. The molecule has 2 nitrogen and oxygen atoms in total. The van der Waals surface area contributed by atoms with Crippen LogP contribution in [0.1, 0.15) is 42.3 Å². The average Bonchev–Trinajstić information content (AvgIpc) is 2.50. The average molecular weight is 286 g/mol. The van der Waals surface area contributed by atoms with Gasteiger partial charge in [-0.25, -0.2) is 4.39 Å². The van der Waals surface area contributed by atoms with E-state index in [-0.39, 0.29) is 11.9 Å². The van der Waals surface area contributed by atoms with Crippen molar-refractivity contribution in [3.8, 4) is 0 Å². The number of halogens is 1. The maximum Gasteiger partial charge on any atom is 0.126 e. The highest BCUT2D eigenvalue weighted by molar-refractivity contribution is 5.28. The number of nitrogens with one attached hydrogen (secondary N) is 1. The van der Waals surface area contributed by atoms with Crippen molar-refractivity contribution in [3.63, 3.8) is 0 Å². The van der Waals surface area contributed by atoms with Gasteiger partial charge in [-0.1, -0.05) is 32.0 Å². The first kappa shape index (κ1) is 15.6. The van der Waals surface area contributed by atoms with E-state index in [9.17, 15) is 4.39 Å². The molecule has 1 unspecified atom stereocenters. The lowest BCUT2D eigenvalue weighted by Gasteiger charge is -2.19. The molecule has 0 radical (unpaired) electrons. The lowest BCUT2D eigenvalue weighted by atomic mass is 9.99. The predicted molar refractivity (Wildman–Crippen MR) is 84.9 cm³/mol. The van der Waals surface area contributed by atoms with E-state index < -0.39 is 0 Å². The lowest BCUT2D eigenvalue weighted by molar-refractivity contribution is 0.540. The molecule has 1 heterocycles. The van der Waals surface area contributed by atoms with Gasteiger partial charge in [0, 0.05) is 24.4 Å². The normalized spacial score (nSPS) is 12.4. The van der Waals surface area contributed by atoms with Crippen molar-refractivity contribution in [2.45, 2.75) is 39.7 Å². The van der Waals surface area contributed by atoms with Gasteiger partial charge in [-0.2, -0.15) is 0 Å². The molecule has 0 aliphatic rings. The number of aryl methyl sites for hydroxylation is 2. The number of rotatable bonds is 6. The molecule has 3 heteroatoms. The molecule has 0 saturated carbocycles. The number of aromatic nitrogens is 1. The molecule has 1 aromatic carbocycles. The number of benzene rings is 1. The molecule has 1 aromatic heterocycles. The Balaban J connectivity index is 2.19. The second-order valence-corrected chi connectivity index (χ2v) is 5.33. The smallest absolute Gasteiger partial charge is 0.126 e. The summed E-state index contributed by atoms with van der Waals surface area (Å²) in [6, 6.07) is 9.69. The summed E-state index contributed by atoms with van der Waals surface area (Å²) in [5.74, 6) is -0.153. The topological polar surface area (TPSA) is 24.9 Å². The zero-order valence-electron chi connectivity index (χ0n) is 13.0. The highest BCUT2D eigenvalue weighted by Gasteiger charge is 2.13. The summed E-state index contributed by atoms with van der Waals surface area (Å²) in [5.41, 5.74) is 4.10. The Morgan fingerprint density at radius 1 is 1.19 bits per heavy atom. The van der Waals surface area contributed by atoms with Crippen LogP contribution in [0.5, 0.6) is 0 Å². The van der Waals surface area contributed by atoms with Crippen molar-refractivity contribution >= 4 is 0 Å². The van der Waals surface area contributed by atoms with E-state index in [1.807, 2.05) is 18.3 Å². The summed E-state index contributed by atoms with van der Waals surface area (Å²) in [5, 5.41) is 3.46. The fourth-order valence-electron chi connectivity index (χ4n) is 2.43. The van der Waals surface area contributed by atoms with Gasteiger partial charge < -0.3 is 5.32 Å². The van der Waals surface area contributed by atoms with Gasteiger partial charge in [-0.15, -0.1) is 0 Å². The van der Waals surface area contributed by atoms with Crippen molar-refractivity contribution in [3.05, 3.63) is 64.7 Å². The van der Waals surface area contributed by atoms with Crippen molar-refractivity contribution in [1.82, 2.24) is 10.3 Å². The third kappa shape index (κ3) is 4.11. The van der Waals surface area contributed by atoms with Crippen molar-refractivity contribution in [2.24, 2.45) is 0 Å². The maximum atomic E-state index is 13.4. The number of hydrogen-bond acceptors (Lipinski definition) is 2. The van der Waals surface area contributed by atoms with Gasteiger partial charge in [0.25, 0.3) is 0 Å². The van der Waals surface area contributed by atoms with Gasteiger partial charge in [0.05, 0.1) is 0 Å². The Hall–Kier alpha value is -1.74. The van der Waals surface area contributed by atoms with Gasteiger partial charge >= 0.3 is 0 Å². The summed E-state index contributed by atoms with van der Waals surface area (Å²) >= 11 is 0. The summed E-state index contributed by atoms with van der Waals surface area (Å²) in [6.07, 6.45) is 3.75. The molecule has 2 aromatic rings. The molecule has 1 atom stereocenters. The van der Waals surface area contributed by atoms with Gasteiger partial charge in [-0.05, 0) is 48.7 Å². The van der Waals surface area contributed by atoms with Crippen LogP contribution in [-0.4, -0.2) is 11.5 Å². The Kier molecular flexibility index (Phi) is 5.45. The van der Waals surface area contributed by atoms with Gasteiger partial charge in [-0.3, -0.25) is 4.98 Å². The quantitative estimate of drug-likeness (QED) is 0.868. The van der Waals surface area contributed by atoms with E-state index in [4.69, 9.17) is 0 Å². The third-order valence-corrected chi connectivity index (χ3v) is 3.74. The Labute approximate surface area is 126 Å². The number of pyridine rings is 1. The number of hydrogen-bond donors (Lipinski definition) is 1. The first-order valence-corrected chi connectivity index (χ1v) is 7.57. The Morgan fingerprint density at radius 3 is 2.57 bits per heavy atom. The number of likely N-dealkylation sites (N-methyl/N-ethyl adjacent to an activating group) is 1. The van der Waals surface area contributed by atoms with E-state index in [1.54, 1.807) is 13.0 Å². The third-order valence-electron chi connectivity index (χ3n) is 3.74. The fourth-order valence-corrected chi connectivity index (χ4v) is 2.43. The Bertz CT molecular complexity index is 578. The summed E-state index contributed by atoms with van der Waals surface area (Å²) in [7, 11) is 0. The zero-order chi connectivity index (χ0) is 15.2. The molecule has 0 bridgehead atoms. The van der Waals surface area contributed by atoms with E-state index in [2.05, 4.69) is 36.3 Å². The molecule has 0 saturated heterocycles. The second kappa shape index (κ2) is 7.32. The largest absolute Gasteiger partial charge is 0.310 e. The van der Waals surface area contributed by atoms with Crippen molar-refractivity contribution < 1.29 is 4.39 Å². The minimum absolute atomic E-state index is 0.153. The monoisotopic (exact) mass is 286 g/mol. The standard InChI is InChI=1S/C18H23FN2/c1-4-14-6-8-16(21-12-14)11-18(20-5-2)15-7-9-17(19)13(3)10-15/h6-10,12,18,20H,4-5,11H2,1-3H3. The molecular formula is C18H23FN2. The van der Waals surface area contributed by atoms with Crippen LogP contribution in [-0.2, 0) is 12.8 Å². The maximum absolute atomic E-state index is 13.4. The first-order chi connectivity index (χ1) is 10.1. The van der Waals surface area contributed by atoms with Crippen LogP contribution in [0.25, 0.3) is 0 Å². The van der Waals surface area contributed by atoms with E-state index in [0.29, 0.717) is 5.56 Å². The van der Waals surface area contributed by atoms with E-state index in [0.717, 1.165) is 30.6 Å². The molecule has 0 aliphatic carbocycles. The predicted octanol–water partition coefficient (Wildman–Crippen LogP) is 3.98. The van der Waals surface area contributed by atoms with Crippen LogP contribution in [0.15, 0.2) is 36.5 Å². The highest BCUT2D eigenvalue weighted by Crippen LogP contribution is 2.20. The molecule has 0 fully saturated rings. The molecule has 2 rings (SSSR count). The van der Waals surface area contributed by atoms with Gasteiger partial charge in [0.15, 0.2) is 0 Å². The summed E-state index contributed by atoms with van der Waals surface area (Å²) < 4.78 is 13.4. The van der Waals surface area contributed by atoms with E-state index in [1.165, 1.54) is 5.56 Å². The Morgan fingerprint density at radius 2 is 2.00 bits per heavy atom. The lowest BCUT2D eigenvalue weighted by Crippen LogP contribution is -2.23. The molecule has 0 spiro atoms. The van der Waals surface area contributed by atoms with Crippen LogP contribution < -0.4 is 5.32 Å².